The van der Waals surface area contributed by atoms with Crippen molar-refractivity contribution in [3.05, 3.63) is 66.5 Å². The molecule has 0 unspecified atom stereocenters. The maximum Gasteiger partial charge on any atom is 0.187 e. The number of phenolic OH excluding ortho intramolecular Hbond substituents is 1. The molecule has 2 aromatic carbocycles. The summed E-state index contributed by atoms with van der Waals surface area (Å²) in [5.41, 5.74) is 1.73. The first-order valence-electron chi connectivity index (χ1n) is 5.93. The van der Waals surface area contributed by atoms with Crippen molar-refractivity contribution in [2.24, 2.45) is 0 Å². The third-order valence-electron chi connectivity index (χ3n) is 2.95. The number of rotatable bonds is 2. The Morgan fingerprint density at radius 2 is 1.60 bits per heavy atom. The second kappa shape index (κ2) is 4.77. The molecule has 0 atom stereocenters. The minimum atomic E-state index is -0.993. The van der Waals surface area contributed by atoms with Crippen molar-refractivity contribution in [1.82, 2.24) is 9.78 Å². The summed E-state index contributed by atoms with van der Waals surface area (Å²) in [6.07, 6.45) is 3.18. The van der Waals surface area contributed by atoms with Crippen molar-refractivity contribution in [2.45, 2.75) is 0 Å². The molecule has 20 heavy (non-hydrogen) atoms. The Hall–Kier alpha value is -2.69. The van der Waals surface area contributed by atoms with Gasteiger partial charge in [0.2, 0.25) is 0 Å². The summed E-state index contributed by atoms with van der Waals surface area (Å²) in [4.78, 5) is 0. The zero-order valence-electron chi connectivity index (χ0n) is 10.3. The first kappa shape index (κ1) is 12.3. The minimum absolute atomic E-state index is 0.319. The Balaban J connectivity index is 2.03. The van der Waals surface area contributed by atoms with Crippen LogP contribution in [-0.4, -0.2) is 14.9 Å². The van der Waals surface area contributed by atoms with Crippen molar-refractivity contribution < 1.29 is 13.9 Å². The van der Waals surface area contributed by atoms with E-state index in [1.54, 1.807) is 10.9 Å². The van der Waals surface area contributed by atoms with Crippen LogP contribution in [0.3, 0.4) is 0 Å². The smallest absolute Gasteiger partial charge is 0.187 e. The van der Waals surface area contributed by atoms with Gasteiger partial charge < -0.3 is 5.11 Å². The summed E-state index contributed by atoms with van der Waals surface area (Å²) in [5.74, 6) is -2.95. The summed E-state index contributed by atoms with van der Waals surface area (Å²) in [5, 5.41) is 13.2. The van der Waals surface area contributed by atoms with Gasteiger partial charge >= 0.3 is 0 Å². The van der Waals surface area contributed by atoms with Gasteiger partial charge in [-0.3, -0.25) is 0 Å². The Morgan fingerprint density at radius 1 is 0.950 bits per heavy atom. The molecule has 0 saturated heterocycles. The van der Waals surface area contributed by atoms with Gasteiger partial charge in [0.1, 0.15) is 0 Å². The maximum atomic E-state index is 13.3. The fourth-order valence-corrected chi connectivity index (χ4v) is 1.93. The average molecular weight is 272 g/mol. The van der Waals surface area contributed by atoms with E-state index >= 15 is 0 Å². The van der Waals surface area contributed by atoms with Gasteiger partial charge in [0.25, 0.3) is 0 Å². The van der Waals surface area contributed by atoms with Crippen molar-refractivity contribution in [3.63, 3.8) is 0 Å². The lowest BCUT2D eigenvalue weighted by molar-refractivity contribution is 0.396. The van der Waals surface area contributed by atoms with Crippen LogP contribution in [0.4, 0.5) is 8.78 Å². The summed E-state index contributed by atoms with van der Waals surface area (Å²) in [6.45, 7) is 0. The molecule has 3 nitrogen and oxygen atoms in total. The lowest BCUT2D eigenvalue weighted by Gasteiger charge is -2.02. The van der Waals surface area contributed by atoms with Crippen LogP contribution in [-0.2, 0) is 0 Å². The number of phenols is 1. The number of nitrogens with zero attached hydrogens (tertiary/aromatic N) is 2. The largest absolute Gasteiger partial charge is 0.503 e. The fraction of sp³-hybridized carbons (Fsp3) is 0. The third-order valence-corrected chi connectivity index (χ3v) is 2.95. The van der Waals surface area contributed by atoms with E-state index in [2.05, 4.69) is 5.10 Å². The van der Waals surface area contributed by atoms with Crippen LogP contribution in [0.2, 0.25) is 0 Å². The van der Waals surface area contributed by atoms with Gasteiger partial charge in [-0.25, -0.2) is 13.5 Å². The van der Waals surface area contributed by atoms with Crippen molar-refractivity contribution in [2.75, 3.05) is 0 Å². The number of hydrogen-bond acceptors (Lipinski definition) is 2. The first-order chi connectivity index (χ1) is 9.65. The first-order valence-corrected chi connectivity index (χ1v) is 5.93. The Bertz CT molecular complexity index is 731. The molecule has 0 radical (unpaired) electrons. The Labute approximate surface area is 113 Å². The second-order valence-electron chi connectivity index (χ2n) is 4.30. The highest BCUT2D eigenvalue weighted by Gasteiger charge is 2.12. The monoisotopic (exact) mass is 272 g/mol. The highest BCUT2D eigenvalue weighted by Crippen LogP contribution is 2.28. The van der Waals surface area contributed by atoms with Crippen LogP contribution in [0.1, 0.15) is 0 Å². The predicted octanol–water partition coefficient (Wildman–Crippen LogP) is 3.52. The molecule has 1 aromatic heterocycles. The van der Waals surface area contributed by atoms with E-state index in [1.807, 2.05) is 30.3 Å². The summed E-state index contributed by atoms with van der Waals surface area (Å²) in [6, 6.07) is 11.5. The van der Waals surface area contributed by atoms with Gasteiger partial charge in [-0.2, -0.15) is 5.10 Å². The molecule has 3 rings (SSSR count). The maximum absolute atomic E-state index is 13.3. The molecule has 5 heteroatoms. The molecule has 0 amide bonds. The second-order valence-corrected chi connectivity index (χ2v) is 4.30. The molecule has 3 aromatic rings. The van der Waals surface area contributed by atoms with E-state index in [0.29, 0.717) is 11.1 Å². The van der Waals surface area contributed by atoms with Crippen LogP contribution in [0, 0.1) is 11.6 Å². The fourth-order valence-electron chi connectivity index (χ4n) is 1.93. The molecule has 0 aliphatic carbocycles. The van der Waals surface area contributed by atoms with Gasteiger partial charge in [-0.15, -0.1) is 0 Å². The van der Waals surface area contributed by atoms with Gasteiger partial charge in [-0.1, -0.05) is 18.2 Å². The number of aromatic nitrogens is 2. The number of para-hydroxylation sites is 1. The quantitative estimate of drug-likeness (QED) is 0.775. The number of benzene rings is 2. The summed E-state index contributed by atoms with van der Waals surface area (Å²) >= 11 is 0. The van der Waals surface area contributed by atoms with E-state index in [0.717, 1.165) is 17.8 Å². The number of hydrogen-bond donors (Lipinski definition) is 1. The normalized spacial score (nSPS) is 10.7. The van der Waals surface area contributed by atoms with Crippen LogP contribution in [0.15, 0.2) is 54.9 Å². The Morgan fingerprint density at radius 3 is 2.25 bits per heavy atom. The van der Waals surface area contributed by atoms with Crippen molar-refractivity contribution >= 4 is 0 Å². The van der Waals surface area contributed by atoms with Gasteiger partial charge in [0.05, 0.1) is 11.9 Å². The predicted molar refractivity (Wildman–Crippen MR) is 70.6 cm³/mol. The Kier molecular flexibility index (Phi) is 2.95. The molecular formula is C15H10F2N2O. The molecular weight excluding hydrogens is 262 g/mol. The highest BCUT2D eigenvalue weighted by atomic mass is 19.1. The number of aromatic hydroxyl groups is 1. The topological polar surface area (TPSA) is 38.1 Å². The van der Waals surface area contributed by atoms with E-state index in [-0.39, 0.29) is 0 Å². The van der Waals surface area contributed by atoms with Gasteiger partial charge in [0.15, 0.2) is 17.4 Å². The molecule has 0 fully saturated rings. The van der Waals surface area contributed by atoms with Crippen molar-refractivity contribution in [1.29, 1.82) is 0 Å². The standard InChI is InChI=1S/C15H10F2N2O/c16-13-6-10(7-14(17)15(13)20)11-8-18-19(9-11)12-4-2-1-3-5-12/h1-9,20H. The molecule has 0 aliphatic heterocycles. The lowest BCUT2D eigenvalue weighted by atomic mass is 10.1. The van der Waals surface area contributed by atoms with Gasteiger partial charge in [-0.05, 0) is 29.8 Å². The average Bonchev–Trinajstić information content (AvgIpc) is 2.95. The molecule has 1 N–H and O–H groups in total. The molecule has 0 aliphatic rings. The van der Waals surface area contributed by atoms with Gasteiger partial charge in [0, 0.05) is 11.8 Å². The van der Waals surface area contributed by atoms with E-state index in [4.69, 9.17) is 5.11 Å². The summed E-state index contributed by atoms with van der Waals surface area (Å²) < 4.78 is 28.3. The summed E-state index contributed by atoms with van der Waals surface area (Å²) in [7, 11) is 0. The van der Waals surface area contributed by atoms with Crippen LogP contribution in [0.5, 0.6) is 5.75 Å². The zero-order chi connectivity index (χ0) is 14.1. The molecule has 0 spiro atoms. The van der Waals surface area contributed by atoms with Crippen LogP contribution in [0.25, 0.3) is 16.8 Å². The van der Waals surface area contributed by atoms with Crippen molar-refractivity contribution in [3.8, 4) is 22.6 Å². The SMILES string of the molecule is Oc1c(F)cc(-c2cnn(-c3ccccc3)c2)cc1F. The molecule has 0 bridgehead atoms. The van der Waals surface area contributed by atoms with E-state index in [1.165, 1.54) is 6.20 Å². The molecule has 0 saturated carbocycles. The number of halogens is 2. The highest BCUT2D eigenvalue weighted by molar-refractivity contribution is 5.63. The molecule has 100 valence electrons. The third kappa shape index (κ3) is 2.14. The lowest BCUT2D eigenvalue weighted by Crippen LogP contribution is -1.92. The van der Waals surface area contributed by atoms with E-state index in [9.17, 15) is 8.78 Å². The minimum Gasteiger partial charge on any atom is -0.503 e. The zero-order valence-corrected chi connectivity index (χ0v) is 10.3. The molecule has 1 heterocycles. The van der Waals surface area contributed by atoms with E-state index < -0.39 is 17.4 Å². The van der Waals surface area contributed by atoms with Crippen LogP contribution >= 0.6 is 0 Å². The van der Waals surface area contributed by atoms with Crippen LogP contribution < -0.4 is 0 Å².